The molecule has 1 saturated carbocycles. The molecule has 1 amide bonds. The van der Waals surface area contributed by atoms with E-state index < -0.39 is 9.84 Å². The van der Waals surface area contributed by atoms with E-state index in [1.54, 1.807) is 11.0 Å². The van der Waals surface area contributed by atoms with Gasteiger partial charge in [0.2, 0.25) is 5.91 Å². The van der Waals surface area contributed by atoms with Crippen LogP contribution in [0, 0.1) is 12.8 Å². The molecule has 1 aliphatic carbocycles. The van der Waals surface area contributed by atoms with Crippen molar-refractivity contribution in [3.8, 4) is 0 Å². The first-order valence-corrected chi connectivity index (χ1v) is 10.4. The van der Waals surface area contributed by atoms with Crippen molar-refractivity contribution in [2.24, 2.45) is 5.92 Å². The molecule has 1 aromatic rings. The molecule has 4 rings (SSSR count). The Labute approximate surface area is 141 Å². The smallest absolute Gasteiger partial charge is 0.230 e. The molecule has 1 aromatic heterocycles. The van der Waals surface area contributed by atoms with E-state index in [-0.39, 0.29) is 35.9 Å². The molecule has 3 fully saturated rings. The predicted octanol–water partition coefficient (Wildman–Crippen LogP) is 0.245. The number of amides is 1. The van der Waals surface area contributed by atoms with Crippen LogP contribution in [0.2, 0.25) is 0 Å². The number of carbonyl (C=O) groups is 1. The standard InChI is InChI=1S/C16H23N3O4S/c1-11-6-13(23-17-11)7-16(20)19-5-4-18(8-12-2-3-12)14-9-24(21,22)10-15(14)19/h6,12,14-15H,2-5,7-10H2,1H3/t14-,15+/m1/s1. The zero-order valence-electron chi connectivity index (χ0n) is 13.8. The van der Waals surface area contributed by atoms with Crippen LogP contribution in [0.3, 0.4) is 0 Å². The maximum absolute atomic E-state index is 12.7. The molecule has 8 heteroatoms. The van der Waals surface area contributed by atoms with Crippen molar-refractivity contribution in [2.75, 3.05) is 31.1 Å². The topological polar surface area (TPSA) is 83.7 Å². The molecule has 0 aromatic carbocycles. The second-order valence-corrected chi connectivity index (χ2v) is 9.50. The number of piperazine rings is 1. The molecule has 0 N–H and O–H groups in total. The lowest BCUT2D eigenvalue weighted by molar-refractivity contribution is -0.136. The SMILES string of the molecule is Cc1cc(CC(=O)N2CCN(CC3CC3)[C@@H]3CS(=O)(=O)C[C@@H]32)on1. The van der Waals surface area contributed by atoms with Gasteiger partial charge in [-0.25, -0.2) is 8.42 Å². The number of aromatic nitrogens is 1. The lowest BCUT2D eigenvalue weighted by atomic mass is 10.0. The van der Waals surface area contributed by atoms with Gasteiger partial charge in [-0.15, -0.1) is 0 Å². The Morgan fingerprint density at radius 3 is 2.71 bits per heavy atom. The highest BCUT2D eigenvalue weighted by molar-refractivity contribution is 7.91. The number of hydrogen-bond donors (Lipinski definition) is 0. The van der Waals surface area contributed by atoms with Crippen LogP contribution in [0.1, 0.15) is 24.3 Å². The molecular weight excluding hydrogens is 330 g/mol. The molecule has 132 valence electrons. The Hall–Kier alpha value is -1.41. The summed E-state index contributed by atoms with van der Waals surface area (Å²) in [5.74, 6) is 1.45. The average Bonchev–Trinajstić information content (AvgIpc) is 3.13. The molecule has 2 aliphatic heterocycles. The highest BCUT2D eigenvalue weighted by Gasteiger charge is 2.48. The van der Waals surface area contributed by atoms with E-state index in [9.17, 15) is 13.2 Å². The second-order valence-electron chi connectivity index (χ2n) is 7.35. The number of hydrogen-bond acceptors (Lipinski definition) is 6. The van der Waals surface area contributed by atoms with Crippen LogP contribution in [-0.4, -0.2) is 72.5 Å². The number of carbonyl (C=O) groups excluding carboxylic acids is 1. The van der Waals surface area contributed by atoms with Crippen molar-refractivity contribution in [3.05, 3.63) is 17.5 Å². The number of rotatable bonds is 4. The Morgan fingerprint density at radius 2 is 2.04 bits per heavy atom. The minimum absolute atomic E-state index is 0.0511. The fraction of sp³-hybridized carbons (Fsp3) is 0.750. The van der Waals surface area contributed by atoms with E-state index in [2.05, 4.69) is 10.1 Å². The molecular formula is C16H23N3O4S. The molecule has 3 heterocycles. The lowest BCUT2D eigenvalue weighted by Crippen LogP contribution is -2.61. The normalized spacial score (nSPS) is 29.6. The van der Waals surface area contributed by atoms with Crippen LogP contribution >= 0.6 is 0 Å². The third-order valence-electron chi connectivity index (χ3n) is 5.30. The zero-order valence-corrected chi connectivity index (χ0v) is 14.7. The predicted molar refractivity (Wildman–Crippen MR) is 87.2 cm³/mol. The second kappa shape index (κ2) is 5.84. The summed E-state index contributed by atoms with van der Waals surface area (Å²) in [5.41, 5.74) is 0.744. The van der Waals surface area contributed by atoms with Gasteiger partial charge in [0.15, 0.2) is 9.84 Å². The van der Waals surface area contributed by atoms with Gasteiger partial charge < -0.3 is 9.42 Å². The highest BCUT2D eigenvalue weighted by Crippen LogP contribution is 2.34. The van der Waals surface area contributed by atoms with Crippen molar-refractivity contribution in [3.63, 3.8) is 0 Å². The van der Waals surface area contributed by atoms with E-state index in [4.69, 9.17) is 4.52 Å². The van der Waals surface area contributed by atoms with E-state index in [1.165, 1.54) is 12.8 Å². The van der Waals surface area contributed by atoms with E-state index in [0.29, 0.717) is 18.2 Å². The Morgan fingerprint density at radius 1 is 1.29 bits per heavy atom. The van der Waals surface area contributed by atoms with Crippen LogP contribution in [0.5, 0.6) is 0 Å². The van der Waals surface area contributed by atoms with Crippen LogP contribution in [0.25, 0.3) is 0 Å². The van der Waals surface area contributed by atoms with Gasteiger partial charge >= 0.3 is 0 Å². The Kier molecular flexibility index (Phi) is 3.91. The largest absolute Gasteiger partial charge is 0.361 e. The molecule has 0 spiro atoms. The summed E-state index contributed by atoms with van der Waals surface area (Å²) < 4.78 is 29.5. The third kappa shape index (κ3) is 3.21. The van der Waals surface area contributed by atoms with Crippen molar-refractivity contribution in [2.45, 2.75) is 38.3 Å². The minimum atomic E-state index is -3.08. The fourth-order valence-electron chi connectivity index (χ4n) is 3.94. The summed E-state index contributed by atoms with van der Waals surface area (Å²) in [6.45, 7) is 4.14. The number of sulfone groups is 1. The van der Waals surface area contributed by atoms with E-state index >= 15 is 0 Å². The Balaban J connectivity index is 1.50. The molecule has 7 nitrogen and oxygen atoms in total. The molecule has 0 unspecified atom stereocenters. The molecule has 0 bridgehead atoms. The van der Waals surface area contributed by atoms with Crippen molar-refractivity contribution >= 4 is 15.7 Å². The van der Waals surface area contributed by atoms with Gasteiger partial charge in [-0.05, 0) is 25.7 Å². The molecule has 3 aliphatic rings. The van der Waals surface area contributed by atoms with Crippen LogP contribution in [0.15, 0.2) is 10.6 Å². The maximum Gasteiger partial charge on any atom is 0.230 e. The first kappa shape index (κ1) is 16.1. The zero-order chi connectivity index (χ0) is 16.9. The van der Waals surface area contributed by atoms with Crippen molar-refractivity contribution in [1.29, 1.82) is 0 Å². The van der Waals surface area contributed by atoms with Crippen LogP contribution in [0.4, 0.5) is 0 Å². The van der Waals surface area contributed by atoms with Crippen molar-refractivity contribution < 1.29 is 17.7 Å². The van der Waals surface area contributed by atoms with Gasteiger partial charge in [0.25, 0.3) is 0 Å². The first-order chi connectivity index (χ1) is 11.4. The van der Waals surface area contributed by atoms with Gasteiger partial charge in [0.05, 0.1) is 29.7 Å². The monoisotopic (exact) mass is 353 g/mol. The molecule has 2 saturated heterocycles. The summed E-state index contributed by atoms with van der Waals surface area (Å²) in [4.78, 5) is 16.8. The van der Waals surface area contributed by atoms with Gasteiger partial charge in [-0.1, -0.05) is 5.16 Å². The first-order valence-electron chi connectivity index (χ1n) is 8.57. The number of aryl methyl sites for hydroxylation is 1. The molecule has 24 heavy (non-hydrogen) atoms. The van der Waals surface area contributed by atoms with Gasteiger partial charge in [0, 0.05) is 31.7 Å². The quantitative estimate of drug-likeness (QED) is 0.771. The Bertz CT molecular complexity index is 740. The van der Waals surface area contributed by atoms with Crippen LogP contribution < -0.4 is 0 Å². The minimum Gasteiger partial charge on any atom is -0.361 e. The number of nitrogens with zero attached hydrogens (tertiary/aromatic N) is 3. The lowest BCUT2D eigenvalue weighted by Gasteiger charge is -2.44. The van der Waals surface area contributed by atoms with E-state index in [0.717, 1.165) is 18.8 Å². The third-order valence-corrected chi connectivity index (χ3v) is 7.00. The maximum atomic E-state index is 12.7. The molecule has 2 atom stereocenters. The summed E-state index contributed by atoms with van der Waals surface area (Å²) in [6.07, 6.45) is 2.63. The summed E-state index contributed by atoms with van der Waals surface area (Å²) in [7, 11) is -3.08. The summed E-state index contributed by atoms with van der Waals surface area (Å²) in [5, 5.41) is 3.81. The van der Waals surface area contributed by atoms with Gasteiger partial charge in [0.1, 0.15) is 5.76 Å². The van der Waals surface area contributed by atoms with E-state index in [1.807, 2.05) is 6.92 Å². The highest BCUT2D eigenvalue weighted by atomic mass is 32.2. The van der Waals surface area contributed by atoms with Gasteiger partial charge in [-0.3, -0.25) is 9.69 Å². The average molecular weight is 353 g/mol. The number of fused-ring (bicyclic) bond motifs is 1. The summed E-state index contributed by atoms with van der Waals surface area (Å²) in [6, 6.07) is 1.48. The van der Waals surface area contributed by atoms with Crippen molar-refractivity contribution in [1.82, 2.24) is 15.0 Å². The fourth-order valence-corrected chi connectivity index (χ4v) is 5.96. The van der Waals surface area contributed by atoms with Crippen LogP contribution in [-0.2, 0) is 21.1 Å². The molecule has 0 radical (unpaired) electrons. The van der Waals surface area contributed by atoms with Gasteiger partial charge in [-0.2, -0.15) is 0 Å². The summed E-state index contributed by atoms with van der Waals surface area (Å²) >= 11 is 0.